The average Bonchev–Trinajstić information content (AvgIpc) is 3.12. The molecule has 0 aliphatic carbocycles. The van der Waals surface area contributed by atoms with Crippen molar-refractivity contribution in [2.24, 2.45) is 0 Å². The Bertz CT molecular complexity index is 1240. The number of nitrogens with one attached hydrogen (secondary N) is 1. The highest BCUT2D eigenvalue weighted by molar-refractivity contribution is 6.22. The number of benzene rings is 3. The normalized spacial score (nSPS) is 15.3. The molecular formula is C29H30FN3O4. The highest BCUT2D eigenvalue weighted by Crippen LogP contribution is 2.28. The largest absolute Gasteiger partial charge is 0.494 e. The molecule has 1 heterocycles. The van der Waals surface area contributed by atoms with Crippen molar-refractivity contribution in [1.29, 1.82) is 0 Å². The minimum atomic E-state index is -0.957. The molecule has 192 valence electrons. The molecule has 7 nitrogen and oxygen atoms in total. The molecule has 0 saturated carbocycles. The molecule has 0 bridgehead atoms. The summed E-state index contributed by atoms with van der Waals surface area (Å²) in [7, 11) is 0. The molecule has 4 amide bonds. The maximum atomic E-state index is 13.4. The molecule has 3 aromatic carbocycles. The number of amides is 4. The minimum absolute atomic E-state index is 0.190. The van der Waals surface area contributed by atoms with Crippen LogP contribution in [0.2, 0.25) is 0 Å². The van der Waals surface area contributed by atoms with Crippen molar-refractivity contribution in [3.05, 3.63) is 89.7 Å². The minimum Gasteiger partial charge on any atom is -0.494 e. The van der Waals surface area contributed by atoms with E-state index in [1.807, 2.05) is 26.0 Å². The van der Waals surface area contributed by atoms with Gasteiger partial charge in [0.1, 0.15) is 17.6 Å². The standard InChI is InChI=1S/C29H30FN3O4/c1-3-18-37-25-14-10-23(11-15-25)31-27(34)19-26-28(35)33(24-12-4-20(2)5-13-24)29(36)32(26)17-16-21-6-8-22(30)9-7-21/h4-15,26H,3,16-19H2,1-2H3,(H,31,34)/t26-/m1/s1. The quantitative estimate of drug-likeness (QED) is 0.379. The van der Waals surface area contributed by atoms with E-state index in [0.717, 1.165) is 22.4 Å². The molecule has 1 fully saturated rings. The monoisotopic (exact) mass is 503 g/mol. The van der Waals surface area contributed by atoms with E-state index in [1.165, 1.54) is 17.0 Å². The highest BCUT2D eigenvalue weighted by Gasteiger charge is 2.46. The molecule has 0 aromatic heterocycles. The lowest BCUT2D eigenvalue weighted by molar-refractivity contribution is -0.124. The van der Waals surface area contributed by atoms with Gasteiger partial charge in [-0.15, -0.1) is 0 Å². The number of aryl methyl sites for hydroxylation is 1. The molecule has 4 rings (SSSR count). The molecule has 8 heteroatoms. The lowest BCUT2D eigenvalue weighted by atomic mass is 10.1. The van der Waals surface area contributed by atoms with Crippen LogP contribution in [0.1, 0.15) is 30.9 Å². The Kier molecular flexibility index (Phi) is 8.18. The van der Waals surface area contributed by atoms with Crippen LogP contribution in [0.25, 0.3) is 0 Å². The zero-order valence-electron chi connectivity index (χ0n) is 20.9. The lowest BCUT2D eigenvalue weighted by Gasteiger charge is -2.21. The summed E-state index contributed by atoms with van der Waals surface area (Å²) < 4.78 is 18.9. The Hall–Kier alpha value is -4.20. The third kappa shape index (κ3) is 6.33. The number of carbonyl (C=O) groups is 3. The van der Waals surface area contributed by atoms with Crippen molar-refractivity contribution >= 4 is 29.2 Å². The number of ether oxygens (including phenoxy) is 1. The molecule has 37 heavy (non-hydrogen) atoms. The molecular weight excluding hydrogens is 473 g/mol. The summed E-state index contributed by atoms with van der Waals surface area (Å²) in [4.78, 5) is 42.3. The van der Waals surface area contributed by atoms with E-state index in [0.29, 0.717) is 30.2 Å². The molecule has 3 aromatic rings. The molecule has 1 N–H and O–H groups in total. The number of urea groups is 1. The number of anilines is 2. The van der Waals surface area contributed by atoms with Crippen LogP contribution in [-0.4, -0.2) is 41.9 Å². The second-order valence-corrected chi connectivity index (χ2v) is 9.00. The number of hydrogen-bond donors (Lipinski definition) is 1. The van der Waals surface area contributed by atoms with Crippen molar-refractivity contribution in [3.8, 4) is 5.75 Å². The molecule has 1 atom stereocenters. The Labute approximate surface area is 215 Å². The predicted octanol–water partition coefficient (Wildman–Crippen LogP) is 5.33. The zero-order valence-corrected chi connectivity index (χ0v) is 20.9. The second kappa shape index (κ2) is 11.7. The van der Waals surface area contributed by atoms with E-state index in [2.05, 4.69) is 5.32 Å². The van der Waals surface area contributed by atoms with Crippen LogP contribution in [0.15, 0.2) is 72.8 Å². The summed E-state index contributed by atoms with van der Waals surface area (Å²) >= 11 is 0. The van der Waals surface area contributed by atoms with Crippen LogP contribution in [0.4, 0.5) is 20.6 Å². The van der Waals surface area contributed by atoms with Crippen LogP contribution < -0.4 is 15.0 Å². The Morgan fingerprint density at radius 3 is 2.30 bits per heavy atom. The third-order valence-electron chi connectivity index (χ3n) is 6.16. The van der Waals surface area contributed by atoms with Gasteiger partial charge in [-0.1, -0.05) is 36.8 Å². The number of imide groups is 1. The van der Waals surface area contributed by atoms with Gasteiger partial charge in [-0.25, -0.2) is 14.1 Å². The molecule has 0 unspecified atom stereocenters. The van der Waals surface area contributed by atoms with E-state index in [-0.39, 0.29) is 24.7 Å². The van der Waals surface area contributed by atoms with Gasteiger partial charge in [0, 0.05) is 12.2 Å². The summed E-state index contributed by atoms with van der Waals surface area (Å²) in [5.74, 6) is -0.476. The fourth-order valence-corrected chi connectivity index (χ4v) is 4.16. The molecule has 1 aliphatic heterocycles. The number of halogens is 1. The smallest absolute Gasteiger partial charge is 0.332 e. The first-order valence-electron chi connectivity index (χ1n) is 12.3. The van der Waals surface area contributed by atoms with Crippen LogP contribution in [0.5, 0.6) is 5.75 Å². The van der Waals surface area contributed by atoms with E-state index in [4.69, 9.17) is 4.74 Å². The van der Waals surface area contributed by atoms with Gasteiger partial charge in [-0.3, -0.25) is 9.59 Å². The van der Waals surface area contributed by atoms with E-state index in [9.17, 15) is 18.8 Å². The predicted molar refractivity (Wildman–Crippen MR) is 140 cm³/mol. The summed E-state index contributed by atoms with van der Waals surface area (Å²) in [6.07, 6.45) is 1.12. The first kappa shape index (κ1) is 25.9. The topological polar surface area (TPSA) is 79.0 Å². The summed E-state index contributed by atoms with van der Waals surface area (Å²) in [6, 6.07) is 18.6. The number of nitrogens with zero attached hydrogens (tertiary/aromatic N) is 2. The van der Waals surface area contributed by atoms with Gasteiger partial charge in [-0.05, 0) is 73.9 Å². The van der Waals surface area contributed by atoms with Gasteiger partial charge in [-0.2, -0.15) is 0 Å². The van der Waals surface area contributed by atoms with E-state index in [1.54, 1.807) is 48.5 Å². The van der Waals surface area contributed by atoms with Crippen molar-refractivity contribution in [2.75, 3.05) is 23.4 Å². The zero-order chi connectivity index (χ0) is 26.4. The summed E-state index contributed by atoms with van der Waals surface area (Å²) in [6.45, 7) is 4.75. The molecule has 0 radical (unpaired) electrons. The van der Waals surface area contributed by atoms with Gasteiger partial charge in [0.25, 0.3) is 5.91 Å². The van der Waals surface area contributed by atoms with Crippen LogP contribution in [0, 0.1) is 12.7 Å². The fraction of sp³-hybridized carbons (Fsp3) is 0.276. The van der Waals surface area contributed by atoms with Crippen molar-refractivity contribution in [2.45, 2.75) is 39.2 Å². The maximum Gasteiger partial charge on any atom is 0.332 e. The van der Waals surface area contributed by atoms with E-state index < -0.39 is 18.0 Å². The Morgan fingerprint density at radius 2 is 1.65 bits per heavy atom. The lowest BCUT2D eigenvalue weighted by Crippen LogP contribution is -2.39. The van der Waals surface area contributed by atoms with Gasteiger partial charge < -0.3 is 15.0 Å². The number of carbonyl (C=O) groups excluding carboxylic acids is 3. The number of hydrogen-bond acceptors (Lipinski definition) is 4. The second-order valence-electron chi connectivity index (χ2n) is 9.00. The van der Waals surface area contributed by atoms with Crippen LogP contribution >= 0.6 is 0 Å². The molecule has 1 aliphatic rings. The van der Waals surface area contributed by atoms with Crippen LogP contribution in [0.3, 0.4) is 0 Å². The third-order valence-corrected chi connectivity index (χ3v) is 6.16. The number of rotatable bonds is 10. The molecule has 1 saturated heterocycles. The van der Waals surface area contributed by atoms with Gasteiger partial charge in [0.05, 0.1) is 18.7 Å². The van der Waals surface area contributed by atoms with Crippen molar-refractivity contribution in [1.82, 2.24) is 4.90 Å². The van der Waals surface area contributed by atoms with Crippen molar-refractivity contribution in [3.63, 3.8) is 0 Å². The van der Waals surface area contributed by atoms with Gasteiger partial charge in [0.15, 0.2) is 0 Å². The summed E-state index contributed by atoms with van der Waals surface area (Å²) in [5, 5.41) is 2.81. The van der Waals surface area contributed by atoms with E-state index >= 15 is 0 Å². The Morgan fingerprint density at radius 1 is 0.973 bits per heavy atom. The summed E-state index contributed by atoms with van der Waals surface area (Å²) in [5.41, 5.74) is 2.85. The molecule has 0 spiro atoms. The SMILES string of the molecule is CCCOc1ccc(NC(=O)C[C@@H]2C(=O)N(c3ccc(C)cc3)C(=O)N2CCc2ccc(F)cc2)cc1. The van der Waals surface area contributed by atoms with Crippen LogP contribution in [-0.2, 0) is 16.0 Å². The fourth-order valence-electron chi connectivity index (χ4n) is 4.16. The van der Waals surface area contributed by atoms with Gasteiger partial charge in [0.2, 0.25) is 5.91 Å². The first-order chi connectivity index (χ1) is 17.9. The van der Waals surface area contributed by atoms with Gasteiger partial charge >= 0.3 is 6.03 Å². The highest BCUT2D eigenvalue weighted by atomic mass is 19.1. The first-order valence-corrected chi connectivity index (χ1v) is 12.3. The Balaban J connectivity index is 1.50. The maximum absolute atomic E-state index is 13.4. The van der Waals surface area contributed by atoms with Crippen molar-refractivity contribution < 1.29 is 23.5 Å². The average molecular weight is 504 g/mol.